The molecule has 4 nitrogen and oxygen atoms in total. The van der Waals surface area contributed by atoms with Crippen LogP contribution in [-0.2, 0) is 11.3 Å². The van der Waals surface area contributed by atoms with Crippen LogP contribution in [0.25, 0.3) is 0 Å². The first-order valence-corrected chi connectivity index (χ1v) is 7.55. The predicted octanol–water partition coefficient (Wildman–Crippen LogP) is 3.48. The van der Waals surface area contributed by atoms with Gasteiger partial charge in [-0.15, -0.1) is 0 Å². The topological polar surface area (TPSA) is 39.7 Å². The summed E-state index contributed by atoms with van der Waals surface area (Å²) in [5.74, 6) is 1.77. The molecule has 1 saturated heterocycles. The van der Waals surface area contributed by atoms with Gasteiger partial charge in [0.15, 0.2) is 0 Å². The molecule has 1 N–H and O–H groups in total. The summed E-state index contributed by atoms with van der Waals surface area (Å²) in [6.07, 6.45) is 1.16. The minimum atomic E-state index is 0.190. The lowest BCUT2D eigenvalue weighted by molar-refractivity contribution is 0.141. The van der Waals surface area contributed by atoms with Crippen molar-refractivity contribution in [3.05, 3.63) is 54.1 Å². The van der Waals surface area contributed by atoms with Crippen LogP contribution in [0.15, 0.2) is 48.5 Å². The quantitative estimate of drug-likeness (QED) is 0.886. The van der Waals surface area contributed by atoms with Crippen LogP contribution in [-0.4, -0.2) is 26.4 Å². The highest BCUT2D eigenvalue weighted by atomic mass is 16.5. The highest BCUT2D eigenvalue weighted by Gasteiger charge is 2.16. The number of rotatable bonds is 6. The molecule has 1 fully saturated rings. The highest BCUT2D eigenvalue weighted by Crippen LogP contribution is 2.20. The maximum absolute atomic E-state index is 5.85. The van der Waals surface area contributed by atoms with E-state index in [1.54, 1.807) is 7.11 Å². The molecule has 0 bridgehead atoms. The van der Waals surface area contributed by atoms with Gasteiger partial charge in [-0.25, -0.2) is 0 Å². The molecule has 0 aromatic heterocycles. The summed E-state index contributed by atoms with van der Waals surface area (Å²) in [6.45, 7) is 2.24. The number of hydrogen-bond donors (Lipinski definition) is 1. The van der Waals surface area contributed by atoms with Gasteiger partial charge in [-0.1, -0.05) is 12.1 Å². The number of benzene rings is 2. The van der Waals surface area contributed by atoms with Crippen molar-refractivity contribution in [2.45, 2.75) is 19.1 Å². The monoisotopic (exact) mass is 299 g/mol. The number of methoxy groups -OCH3 is 1. The van der Waals surface area contributed by atoms with Crippen molar-refractivity contribution < 1.29 is 14.2 Å². The fraction of sp³-hybridized carbons (Fsp3) is 0.333. The predicted molar refractivity (Wildman–Crippen MR) is 86.6 cm³/mol. The van der Waals surface area contributed by atoms with Crippen LogP contribution < -0.4 is 14.8 Å². The van der Waals surface area contributed by atoms with Gasteiger partial charge in [0.05, 0.1) is 20.3 Å². The summed E-state index contributed by atoms with van der Waals surface area (Å²) in [5, 5.41) is 3.40. The molecular formula is C18H21NO3. The van der Waals surface area contributed by atoms with Crippen LogP contribution in [0.3, 0.4) is 0 Å². The fourth-order valence-corrected chi connectivity index (χ4v) is 2.44. The largest absolute Gasteiger partial charge is 0.497 e. The maximum Gasteiger partial charge on any atom is 0.124 e. The molecule has 1 heterocycles. The average molecular weight is 299 g/mol. The minimum Gasteiger partial charge on any atom is -0.497 e. The molecular weight excluding hydrogens is 278 g/mol. The summed E-state index contributed by atoms with van der Waals surface area (Å²) in [7, 11) is 1.68. The summed E-state index contributed by atoms with van der Waals surface area (Å²) in [6, 6.07) is 16.1. The number of nitrogens with one attached hydrogen (secondary N) is 1. The van der Waals surface area contributed by atoms with Crippen molar-refractivity contribution in [3.8, 4) is 11.5 Å². The maximum atomic E-state index is 5.85. The van der Waals surface area contributed by atoms with Crippen molar-refractivity contribution in [1.29, 1.82) is 0 Å². The van der Waals surface area contributed by atoms with Gasteiger partial charge in [-0.2, -0.15) is 0 Å². The van der Waals surface area contributed by atoms with E-state index in [-0.39, 0.29) is 6.10 Å². The fourth-order valence-electron chi connectivity index (χ4n) is 2.44. The molecule has 4 heteroatoms. The smallest absolute Gasteiger partial charge is 0.124 e. The first-order valence-electron chi connectivity index (χ1n) is 7.55. The molecule has 3 rings (SSSR count). The van der Waals surface area contributed by atoms with Crippen molar-refractivity contribution >= 4 is 5.69 Å². The third kappa shape index (κ3) is 3.92. The molecule has 0 aliphatic carbocycles. The first kappa shape index (κ1) is 14.7. The molecule has 0 amide bonds. The standard InChI is InChI=1S/C18H21NO3/c1-20-17-4-2-3-14(11-17)12-19-15-5-7-16(8-6-15)22-18-9-10-21-13-18/h2-8,11,18-19H,9-10,12-13H2,1H3/t18-/m0/s1. The number of ether oxygens (including phenoxy) is 3. The van der Waals surface area contributed by atoms with Crippen LogP contribution >= 0.6 is 0 Å². The van der Waals surface area contributed by atoms with Gasteiger partial charge in [-0.3, -0.25) is 0 Å². The van der Waals surface area contributed by atoms with Gasteiger partial charge in [0.1, 0.15) is 17.6 Å². The van der Waals surface area contributed by atoms with Gasteiger partial charge in [0, 0.05) is 18.7 Å². The lowest BCUT2D eigenvalue weighted by Crippen LogP contribution is -2.15. The zero-order chi connectivity index (χ0) is 15.2. The molecule has 116 valence electrons. The van der Waals surface area contributed by atoms with E-state index in [1.165, 1.54) is 5.56 Å². The van der Waals surface area contributed by atoms with Gasteiger partial charge < -0.3 is 19.5 Å². The minimum absolute atomic E-state index is 0.190. The molecule has 0 unspecified atom stereocenters. The lowest BCUT2D eigenvalue weighted by Gasteiger charge is -2.13. The van der Waals surface area contributed by atoms with E-state index < -0.39 is 0 Å². The number of hydrogen-bond acceptors (Lipinski definition) is 4. The van der Waals surface area contributed by atoms with Crippen LogP contribution in [0.5, 0.6) is 11.5 Å². The molecule has 2 aromatic rings. The van der Waals surface area contributed by atoms with E-state index in [1.807, 2.05) is 42.5 Å². The lowest BCUT2D eigenvalue weighted by atomic mass is 10.2. The Balaban J connectivity index is 1.54. The Kier molecular flexibility index (Phi) is 4.81. The third-order valence-corrected chi connectivity index (χ3v) is 3.68. The Labute approximate surface area is 131 Å². The molecule has 22 heavy (non-hydrogen) atoms. The Morgan fingerprint density at radius 1 is 1.14 bits per heavy atom. The van der Waals surface area contributed by atoms with E-state index >= 15 is 0 Å². The van der Waals surface area contributed by atoms with Crippen LogP contribution in [0, 0.1) is 0 Å². The van der Waals surface area contributed by atoms with Crippen LogP contribution in [0.4, 0.5) is 5.69 Å². The van der Waals surface area contributed by atoms with Gasteiger partial charge in [-0.05, 0) is 42.0 Å². The second-order valence-electron chi connectivity index (χ2n) is 5.33. The van der Waals surface area contributed by atoms with Crippen molar-refractivity contribution in [3.63, 3.8) is 0 Å². The van der Waals surface area contributed by atoms with Crippen molar-refractivity contribution in [2.75, 3.05) is 25.6 Å². The van der Waals surface area contributed by atoms with Crippen LogP contribution in [0.1, 0.15) is 12.0 Å². The molecule has 0 saturated carbocycles. The average Bonchev–Trinajstić information content (AvgIpc) is 3.07. The molecule has 2 aromatic carbocycles. The third-order valence-electron chi connectivity index (χ3n) is 3.68. The normalized spacial score (nSPS) is 17.2. The highest BCUT2D eigenvalue weighted by molar-refractivity contribution is 5.47. The van der Waals surface area contributed by atoms with Gasteiger partial charge in [0.25, 0.3) is 0 Å². The van der Waals surface area contributed by atoms with Gasteiger partial charge in [0.2, 0.25) is 0 Å². The zero-order valence-electron chi connectivity index (χ0n) is 12.7. The Morgan fingerprint density at radius 3 is 2.73 bits per heavy atom. The molecule has 1 aliphatic rings. The zero-order valence-corrected chi connectivity index (χ0v) is 12.7. The van der Waals surface area contributed by atoms with E-state index in [9.17, 15) is 0 Å². The van der Waals surface area contributed by atoms with Crippen LogP contribution in [0.2, 0.25) is 0 Å². The SMILES string of the molecule is COc1cccc(CNc2ccc(O[C@H]3CCOC3)cc2)c1. The van der Waals surface area contributed by atoms with E-state index in [4.69, 9.17) is 14.2 Å². The summed E-state index contributed by atoms with van der Waals surface area (Å²) in [5.41, 5.74) is 2.25. The molecule has 0 radical (unpaired) electrons. The second-order valence-corrected chi connectivity index (χ2v) is 5.33. The second kappa shape index (κ2) is 7.18. The molecule has 0 spiro atoms. The van der Waals surface area contributed by atoms with E-state index in [2.05, 4.69) is 11.4 Å². The molecule has 1 atom stereocenters. The summed E-state index contributed by atoms with van der Waals surface area (Å²) >= 11 is 0. The Morgan fingerprint density at radius 2 is 2.00 bits per heavy atom. The van der Waals surface area contributed by atoms with Crippen molar-refractivity contribution in [2.24, 2.45) is 0 Å². The molecule has 1 aliphatic heterocycles. The van der Waals surface area contributed by atoms with Gasteiger partial charge >= 0.3 is 0 Å². The Hall–Kier alpha value is -2.20. The van der Waals surface area contributed by atoms with E-state index in [0.29, 0.717) is 6.61 Å². The Bertz CT molecular complexity index is 592. The first-order chi connectivity index (χ1) is 10.8. The summed E-state index contributed by atoms with van der Waals surface area (Å²) < 4.78 is 16.4. The summed E-state index contributed by atoms with van der Waals surface area (Å²) in [4.78, 5) is 0. The number of anilines is 1. The van der Waals surface area contributed by atoms with E-state index in [0.717, 1.165) is 36.8 Å². The van der Waals surface area contributed by atoms with Crippen molar-refractivity contribution in [1.82, 2.24) is 0 Å².